The average molecular weight is 529 g/mol. The number of hydrogen-bond donors (Lipinski definition) is 0. The molecule has 0 N–H and O–H groups in total. The fourth-order valence-corrected chi connectivity index (χ4v) is 5.13. The van der Waals surface area contributed by atoms with E-state index in [0.717, 1.165) is 50.0 Å². The smallest absolute Gasteiger partial charge is 0.416 e. The van der Waals surface area contributed by atoms with Crippen molar-refractivity contribution < 1.29 is 32.3 Å². The number of alkyl halides is 3. The Bertz CT molecular complexity index is 1230. The highest BCUT2D eigenvalue weighted by atomic mass is 19.4. The largest absolute Gasteiger partial charge is 0.463 e. The topological polar surface area (TPSA) is 66.9 Å². The van der Waals surface area contributed by atoms with Gasteiger partial charge >= 0.3 is 12.1 Å². The van der Waals surface area contributed by atoms with Crippen LogP contribution in [0.5, 0.6) is 0 Å². The van der Waals surface area contributed by atoms with Crippen molar-refractivity contribution in [3.63, 3.8) is 0 Å². The number of carbonyl (C=O) groups excluding carboxylic acids is 3. The fourth-order valence-electron chi connectivity index (χ4n) is 5.13. The minimum Gasteiger partial charge on any atom is -0.463 e. The Balaban J connectivity index is 1.63. The zero-order valence-electron chi connectivity index (χ0n) is 21.5. The predicted molar refractivity (Wildman–Crippen MR) is 135 cm³/mol. The molecule has 2 aliphatic rings. The maximum Gasteiger partial charge on any atom is 0.416 e. The van der Waals surface area contributed by atoms with E-state index in [4.69, 9.17) is 4.74 Å². The van der Waals surface area contributed by atoms with Crippen LogP contribution in [0.15, 0.2) is 59.8 Å². The van der Waals surface area contributed by atoms with Crippen molar-refractivity contribution in [2.24, 2.45) is 0 Å². The molecule has 0 spiro atoms. The van der Waals surface area contributed by atoms with Gasteiger partial charge < -0.3 is 14.5 Å². The number of hydrogen-bond acceptors (Lipinski definition) is 4. The third kappa shape index (κ3) is 5.92. The summed E-state index contributed by atoms with van der Waals surface area (Å²) < 4.78 is 44.5. The van der Waals surface area contributed by atoms with Crippen molar-refractivity contribution in [3.05, 3.63) is 82.1 Å². The summed E-state index contributed by atoms with van der Waals surface area (Å²) in [5.41, 5.74) is 1.54. The van der Waals surface area contributed by atoms with Crippen LogP contribution in [0.25, 0.3) is 0 Å². The number of nitrogens with zero attached hydrogens (tertiary/aromatic N) is 2. The van der Waals surface area contributed by atoms with Crippen LogP contribution in [0.1, 0.15) is 72.5 Å². The first-order valence-corrected chi connectivity index (χ1v) is 12.8. The second-order valence-electron chi connectivity index (χ2n) is 9.63. The number of piperidine rings is 1. The summed E-state index contributed by atoms with van der Waals surface area (Å²) in [6.45, 7) is 5.02. The van der Waals surface area contributed by atoms with E-state index in [2.05, 4.69) is 0 Å². The molecule has 6 nitrogen and oxygen atoms in total. The summed E-state index contributed by atoms with van der Waals surface area (Å²) in [7, 11) is 0. The molecule has 0 aliphatic carbocycles. The van der Waals surface area contributed by atoms with Crippen LogP contribution in [-0.2, 0) is 27.0 Å². The lowest BCUT2D eigenvalue weighted by Crippen LogP contribution is -2.38. The standard InChI is InChI=1S/C29H31F3N2O4/c1-3-38-28(37)26-19(2)34(25(35)17-24(26)21-10-12-23(13-11-21)29(30,31)32)18-20-8-7-9-22(16-20)27(36)33-14-5-4-6-15-33/h7-13,16,24H,3-6,14-15,17-18H2,1-2H3. The van der Waals surface area contributed by atoms with Crippen molar-refractivity contribution >= 4 is 17.8 Å². The second-order valence-corrected chi connectivity index (χ2v) is 9.63. The van der Waals surface area contributed by atoms with Gasteiger partial charge in [0.1, 0.15) is 0 Å². The van der Waals surface area contributed by atoms with Crippen LogP contribution in [-0.4, -0.2) is 47.3 Å². The molecule has 1 atom stereocenters. The Morgan fingerprint density at radius 2 is 1.71 bits per heavy atom. The van der Waals surface area contributed by atoms with Gasteiger partial charge in [-0.2, -0.15) is 13.2 Å². The molecule has 202 valence electrons. The zero-order valence-corrected chi connectivity index (χ0v) is 21.5. The van der Waals surface area contributed by atoms with Gasteiger partial charge in [0.05, 0.1) is 24.3 Å². The quantitative estimate of drug-likeness (QED) is 0.452. The molecule has 0 aromatic heterocycles. The Hall–Kier alpha value is -3.62. The van der Waals surface area contributed by atoms with E-state index >= 15 is 0 Å². The molecule has 2 amide bonds. The van der Waals surface area contributed by atoms with E-state index in [1.165, 1.54) is 17.0 Å². The van der Waals surface area contributed by atoms with Gasteiger partial charge in [-0.3, -0.25) is 9.59 Å². The first-order valence-electron chi connectivity index (χ1n) is 12.8. The number of esters is 1. The summed E-state index contributed by atoms with van der Waals surface area (Å²) in [5.74, 6) is -1.65. The van der Waals surface area contributed by atoms with Gasteiger partial charge in [-0.25, -0.2) is 4.79 Å². The fraction of sp³-hybridized carbons (Fsp3) is 0.414. The lowest BCUT2D eigenvalue weighted by molar-refractivity contribution is -0.140. The van der Waals surface area contributed by atoms with Crippen LogP contribution in [0, 0.1) is 0 Å². The summed E-state index contributed by atoms with van der Waals surface area (Å²) in [6, 6.07) is 11.6. The molecular formula is C29H31F3N2O4. The minimum absolute atomic E-state index is 0.0432. The highest BCUT2D eigenvalue weighted by Crippen LogP contribution is 2.39. The van der Waals surface area contributed by atoms with Gasteiger partial charge in [0.25, 0.3) is 5.91 Å². The second kappa shape index (κ2) is 11.4. The first kappa shape index (κ1) is 27.4. The van der Waals surface area contributed by atoms with Crippen molar-refractivity contribution in [1.82, 2.24) is 9.80 Å². The van der Waals surface area contributed by atoms with Gasteiger partial charge in [-0.1, -0.05) is 24.3 Å². The van der Waals surface area contributed by atoms with Crippen LogP contribution < -0.4 is 0 Å². The van der Waals surface area contributed by atoms with Gasteiger partial charge in [0.2, 0.25) is 5.91 Å². The van der Waals surface area contributed by atoms with Crippen molar-refractivity contribution in [3.8, 4) is 0 Å². The van der Waals surface area contributed by atoms with Crippen molar-refractivity contribution in [2.75, 3.05) is 19.7 Å². The van der Waals surface area contributed by atoms with E-state index in [9.17, 15) is 27.6 Å². The summed E-state index contributed by atoms with van der Waals surface area (Å²) in [5, 5.41) is 0. The highest BCUT2D eigenvalue weighted by molar-refractivity contribution is 5.96. The van der Waals surface area contributed by atoms with Gasteiger partial charge in [-0.05, 0) is 68.5 Å². The lowest BCUT2D eigenvalue weighted by atomic mass is 9.83. The number of rotatable bonds is 6. The number of amides is 2. The van der Waals surface area contributed by atoms with Crippen molar-refractivity contribution in [2.45, 2.75) is 58.2 Å². The normalized spacial score (nSPS) is 18.6. The van der Waals surface area contributed by atoms with E-state index in [0.29, 0.717) is 16.8 Å². The number of carbonyl (C=O) groups is 3. The molecular weight excluding hydrogens is 497 g/mol. The molecule has 4 rings (SSSR count). The lowest BCUT2D eigenvalue weighted by Gasteiger charge is -2.34. The Morgan fingerprint density at radius 1 is 1.03 bits per heavy atom. The van der Waals surface area contributed by atoms with Crippen LogP contribution in [0.2, 0.25) is 0 Å². The molecule has 9 heteroatoms. The Morgan fingerprint density at radius 3 is 2.34 bits per heavy atom. The predicted octanol–water partition coefficient (Wildman–Crippen LogP) is 5.68. The molecule has 0 radical (unpaired) electrons. The molecule has 1 unspecified atom stereocenters. The van der Waals surface area contributed by atoms with Gasteiger partial charge in [0.15, 0.2) is 0 Å². The van der Waals surface area contributed by atoms with Gasteiger partial charge in [0, 0.05) is 36.7 Å². The van der Waals surface area contributed by atoms with Crippen molar-refractivity contribution in [1.29, 1.82) is 0 Å². The number of halogens is 3. The Kier molecular flexibility index (Phi) is 8.23. The molecule has 1 saturated heterocycles. The molecule has 2 aromatic rings. The Labute approximate surface area is 220 Å². The van der Waals surface area contributed by atoms with Crippen LogP contribution in [0.4, 0.5) is 13.2 Å². The summed E-state index contributed by atoms with van der Waals surface area (Å²) >= 11 is 0. The van der Waals surface area contributed by atoms with Crippen LogP contribution >= 0.6 is 0 Å². The molecule has 2 aromatic carbocycles. The number of allylic oxidation sites excluding steroid dienone is 1. The molecule has 1 fully saturated rings. The molecule has 2 heterocycles. The monoisotopic (exact) mass is 528 g/mol. The van der Waals surface area contributed by atoms with Crippen LogP contribution in [0.3, 0.4) is 0 Å². The maximum atomic E-state index is 13.3. The zero-order chi connectivity index (χ0) is 27.4. The minimum atomic E-state index is -4.49. The molecule has 2 aliphatic heterocycles. The van der Waals surface area contributed by atoms with E-state index < -0.39 is 23.6 Å². The van der Waals surface area contributed by atoms with E-state index in [-0.39, 0.29) is 37.0 Å². The molecule has 0 bridgehead atoms. The summed E-state index contributed by atoms with van der Waals surface area (Å²) in [4.78, 5) is 42.6. The molecule has 0 saturated carbocycles. The summed E-state index contributed by atoms with van der Waals surface area (Å²) in [6.07, 6.45) is -1.51. The number of benzene rings is 2. The number of ether oxygens (including phenoxy) is 1. The third-order valence-corrected chi connectivity index (χ3v) is 7.12. The molecule has 38 heavy (non-hydrogen) atoms. The average Bonchev–Trinajstić information content (AvgIpc) is 2.90. The third-order valence-electron chi connectivity index (χ3n) is 7.12. The van der Waals surface area contributed by atoms with E-state index in [1.807, 2.05) is 11.0 Å². The highest BCUT2D eigenvalue weighted by Gasteiger charge is 2.38. The SMILES string of the molecule is CCOC(=O)C1=C(C)N(Cc2cccc(C(=O)N3CCCCC3)c2)C(=O)CC1c1ccc(C(F)(F)F)cc1. The maximum absolute atomic E-state index is 13.3. The number of likely N-dealkylation sites (tertiary alicyclic amines) is 1. The van der Waals surface area contributed by atoms with Gasteiger partial charge in [-0.15, -0.1) is 0 Å². The van der Waals surface area contributed by atoms with E-state index in [1.54, 1.807) is 32.0 Å². The first-order chi connectivity index (χ1) is 18.1.